The van der Waals surface area contributed by atoms with Crippen molar-refractivity contribution in [1.82, 2.24) is 19.8 Å². The summed E-state index contributed by atoms with van der Waals surface area (Å²) >= 11 is 0. The van der Waals surface area contributed by atoms with Gasteiger partial charge in [-0.05, 0) is 69.1 Å². The van der Waals surface area contributed by atoms with E-state index < -0.39 is 0 Å². The topological polar surface area (TPSA) is 94.1 Å². The van der Waals surface area contributed by atoms with Gasteiger partial charge in [0.15, 0.2) is 5.82 Å². The number of hydrogen-bond donors (Lipinski definition) is 1. The van der Waals surface area contributed by atoms with Gasteiger partial charge in [0.05, 0.1) is 30.2 Å². The summed E-state index contributed by atoms with van der Waals surface area (Å²) in [7, 11) is 5.18. The maximum Gasteiger partial charge on any atom is 0.261 e. The molecule has 2 fully saturated rings. The van der Waals surface area contributed by atoms with Crippen LogP contribution < -0.4 is 19.9 Å². The molecule has 6 rings (SSSR count). The fourth-order valence-corrected chi connectivity index (χ4v) is 6.04. The number of nitrogens with one attached hydrogen (secondary N) is 1. The molecule has 1 aromatic heterocycles. The van der Waals surface area contributed by atoms with E-state index in [1.165, 1.54) is 30.8 Å². The average molecular weight is 542 g/mol. The molecule has 0 bridgehead atoms. The number of carbonyl (C=O) groups is 2. The highest BCUT2D eigenvalue weighted by Crippen LogP contribution is 2.38. The fraction of sp³-hybridized carbons (Fsp3) is 0.400. The molecule has 2 saturated heterocycles. The number of aromatic nitrogens is 2. The van der Waals surface area contributed by atoms with Crippen molar-refractivity contribution in [3.8, 4) is 5.75 Å². The molecule has 0 radical (unpaired) electrons. The van der Waals surface area contributed by atoms with Crippen molar-refractivity contribution in [2.45, 2.75) is 31.7 Å². The van der Waals surface area contributed by atoms with Crippen LogP contribution in [0.1, 0.15) is 46.4 Å². The minimum Gasteiger partial charge on any atom is -0.495 e. The van der Waals surface area contributed by atoms with E-state index in [0.717, 1.165) is 31.6 Å². The van der Waals surface area contributed by atoms with Crippen molar-refractivity contribution in [1.29, 1.82) is 0 Å². The molecule has 10 nitrogen and oxygen atoms in total. The summed E-state index contributed by atoms with van der Waals surface area (Å²) in [6.07, 6.45) is 6.32. The average Bonchev–Trinajstić information content (AvgIpc) is 3.53. The zero-order chi connectivity index (χ0) is 27.8. The molecule has 4 heterocycles. The highest BCUT2D eigenvalue weighted by Gasteiger charge is 2.30. The Morgan fingerprint density at radius 3 is 2.48 bits per heavy atom. The van der Waals surface area contributed by atoms with E-state index in [1.54, 1.807) is 26.4 Å². The van der Waals surface area contributed by atoms with Crippen LogP contribution in [-0.2, 0) is 0 Å². The van der Waals surface area contributed by atoms with Gasteiger partial charge < -0.3 is 24.8 Å². The molecule has 208 valence electrons. The number of hydrogen-bond acceptors (Lipinski definition) is 8. The number of rotatable bonds is 5. The Labute approximate surface area is 234 Å². The van der Waals surface area contributed by atoms with Crippen molar-refractivity contribution in [3.05, 3.63) is 59.8 Å². The van der Waals surface area contributed by atoms with Crippen LogP contribution in [0, 0.1) is 0 Å². The van der Waals surface area contributed by atoms with Gasteiger partial charge in [-0.3, -0.25) is 14.5 Å². The van der Waals surface area contributed by atoms with Gasteiger partial charge in [-0.25, -0.2) is 4.98 Å². The lowest BCUT2D eigenvalue weighted by Crippen LogP contribution is -2.45. The molecule has 0 unspecified atom stereocenters. The SMILES string of the molecule is COc1cc(C(=O)N2CCC(N3CCCC3)CC2)ccc1Nc1ncc2c(n1)N(C)C(=O)c1ccccc1N2C. The van der Waals surface area contributed by atoms with E-state index in [0.29, 0.717) is 46.1 Å². The quantitative estimate of drug-likeness (QED) is 0.512. The summed E-state index contributed by atoms with van der Waals surface area (Å²) in [6, 6.07) is 13.5. The lowest BCUT2D eigenvalue weighted by Gasteiger charge is -2.36. The first-order chi connectivity index (χ1) is 19.4. The molecule has 2 amide bonds. The zero-order valence-corrected chi connectivity index (χ0v) is 23.3. The highest BCUT2D eigenvalue weighted by atomic mass is 16.5. The van der Waals surface area contributed by atoms with Crippen LogP contribution in [0.25, 0.3) is 0 Å². The van der Waals surface area contributed by atoms with Crippen LogP contribution in [0.15, 0.2) is 48.7 Å². The van der Waals surface area contributed by atoms with Crippen LogP contribution in [0.5, 0.6) is 5.75 Å². The van der Waals surface area contributed by atoms with Crippen LogP contribution in [0.3, 0.4) is 0 Å². The van der Waals surface area contributed by atoms with Crippen LogP contribution in [-0.4, -0.2) is 85.0 Å². The van der Waals surface area contributed by atoms with Crippen molar-refractivity contribution < 1.29 is 14.3 Å². The Kier molecular flexibility index (Phi) is 7.02. The van der Waals surface area contributed by atoms with Gasteiger partial charge in [-0.2, -0.15) is 4.98 Å². The molecule has 40 heavy (non-hydrogen) atoms. The molecule has 1 N–H and O–H groups in total. The smallest absolute Gasteiger partial charge is 0.261 e. The predicted octanol–water partition coefficient (Wildman–Crippen LogP) is 4.29. The van der Waals surface area contributed by atoms with Gasteiger partial charge in [0.1, 0.15) is 11.4 Å². The molecule has 3 aliphatic heterocycles. The summed E-state index contributed by atoms with van der Waals surface area (Å²) in [5, 5.41) is 3.21. The Hall–Kier alpha value is -4.18. The molecular weight excluding hydrogens is 506 g/mol. The number of para-hydroxylation sites is 1. The number of ether oxygens (including phenoxy) is 1. The third-order valence-corrected chi connectivity index (χ3v) is 8.33. The van der Waals surface area contributed by atoms with Crippen molar-refractivity contribution in [2.24, 2.45) is 0 Å². The first-order valence-electron chi connectivity index (χ1n) is 13.9. The molecule has 2 aromatic carbocycles. The second-order valence-corrected chi connectivity index (χ2v) is 10.6. The Morgan fingerprint density at radius 2 is 1.73 bits per heavy atom. The fourth-order valence-electron chi connectivity index (χ4n) is 6.04. The third kappa shape index (κ3) is 4.72. The Morgan fingerprint density at radius 1 is 0.975 bits per heavy atom. The van der Waals surface area contributed by atoms with Gasteiger partial charge in [-0.15, -0.1) is 0 Å². The van der Waals surface area contributed by atoms with Gasteiger partial charge in [0, 0.05) is 38.8 Å². The van der Waals surface area contributed by atoms with Crippen LogP contribution in [0.4, 0.5) is 28.8 Å². The van der Waals surface area contributed by atoms with Crippen molar-refractivity contribution in [3.63, 3.8) is 0 Å². The maximum absolute atomic E-state index is 13.3. The predicted molar refractivity (Wildman–Crippen MR) is 155 cm³/mol. The number of anilines is 5. The van der Waals surface area contributed by atoms with Gasteiger partial charge in [0.25, 0.3) is 11.8 Å². The number of amides is 2. The molecule has 0 aliphatic carbocycles. The Bertz CT molecular complexity index is 1430. The zero-order valence-electron chi connectivity index (χ0n) is 23.3. The monoisotopic (exact) mass is 541 g/mol. The highest BCUT2D eigenvalue weighted by molar-refractivity contribution is 6.12. The van der Waals surface area contributed by atoms with Crippen LogP contribution >= 0.6 is 0 Å². The summed E-state index contributed by atoms with van der Waals surface area (Å²) in [4.78, 5) is 43.7. The number of methoxy groups -OCH3 is 1. The summed E-state index contributed by atoms with van der Waals surface area (Å²) in [5.74, 6) is 1.21. The van der Waals surface area contributed by atoms with E-state index in [9.17, 15) is 9.59 Å². The lowest BCUT2D eigenvalue weighted by molar-refractivity contribution is 0.0644. The van der Waals surface area contributed by atoms with E-state index in [2.05, 4.69) is 20.2 Å². The molecule has 3 aromatic rings. The van der Waals surface area contributed by atoms with E-state index >= 15 is 0 Å². The molecule has 3 aliphatic rings. The largest absolute Gasteiger partial charge is 0.495 e. The third-order valence-electron chi connectivity index (χ3n) is 8.33. The second kappa shape index (κ2) is 10.8. The van der Waals surface area contributed by atoms with Gasteiger partial charge in [0.2, 0.25) is 5.95 Å². The second-order valence-electron chi connectivity index (χ2n) is 10.6. The van der Waals surface area contributed by atoms with E-state index in [1.807, 2.05) is 53.2 Å². The summed E-state index contributed by atoms with van der Waals surface area (Å²) in [5.41, 5.74) is 3.33. The minimum absolute atomic E-state index is 0.0220. The molecular formula is C30H35N7O3. The minimum atomic E-state index is -0.143. The first-order valence-corrected chi connectivity index (χ1v) is 13.9. The molecule has 0 atom stereocenters. The molecule has 10 heteroatoms. The van der Waals surface area contributed by atoms with Crippen LogP contribution in [0.2, 0.25) is 0 Å². The normalized spacial score (nSPS) is 17.9. The van der Waals surface area contributed by atoms with Crippen molar-refractivity contribution in [2.75, 3.05) is 62.5 Å². The number of piperidine rings is 1. The van der Waals surface area contributed by atoms with Crippen molar-refractivity contribution >= 4 is 40.6 Å². The van der Waals surface area contributed by atoms with Gasteiger partial charge in [-0.1, -0.05) is 12.1 Å². The molecule has 0 spiro atoms. The lowest BCUT2D eigenvalue weighted by atomic mass is 10.0. The number of carbonyl (C=O) groups excluding carboxylic acids is 2. The molecule has 0 saturated carbocycles. The number of fused-ring (bicyclic) bond motifs is 2. The summed E-state index contributed by atoms with van der Waals surface area (Å²) in [6.45, 7) is 3.93. The van der Waals surface area contributed by atoms with E-state index in [4.69, 9.17) is 4.74 Å². The Balaban J connectivity index is 1.19. The maximum atomic E-state index is 13.3. The number of likely N-dealkylation sites (tertiary alicyclic amines) is 2. The standard InChI is InChI=1S/C30H35N7O3/c1-34-24-9-5-4-8-22(24)29(39)35(2)27-25(34)19-31-30(33-27)32-23-11-10-20(18-26(23)40-3)28(38)37-16-12-21(13-17-37)36-14-6-7-15-36/h4-5,8-11,18-19,21H,6-7,12-17H2,1-3H3,(H,31,32,33). The number of nitrogens with zero attached hydrogens (tertiary/aromatic N) is 6. The first kappa shape index (κ1) is 26.1. The number of benzene rings is 2. The summed E-state index contributed by atoms with van der Waals surface area (Å²) < 4.78 is 5.64. The van der Waals surface area contributed by atoms with E-state index in [-0.39, 0.29) is 11.8 Å². The van der Waals surface area contributed by atoms with Gasteiger partial charge >= 0.3 is 0 Å².